The van der Waals surface area contributed by atoms with Gasteiger partial charge in [-0.3, -0.25) is 4.79 Å². The smallest absolute Gasteiger partial charge is 0.259 e. The van der Waals surface area contributed by atoms with E-state index in [1.807, 2.05) is 48.5 Å². The quantitative estimate of drug-likeness (QED) is 0.668. The van der Waals surface area contributed by atoms with Gasteiger partial charge in [-0.25, -0.2) is 0 Å². The fraction of sp³-hybridized carbons (Fsp3) is 0.0714. The standard InChI is InChI=1S/C14H11BrINO/c1-17(11-8-6-10(16)7-9-11)14(18)12-4-2-3-5-13(12)15/h2-9H,1H3. The number of amides is 1. The highest BCUT2D eigenvalue weighted by Crippen LogP contribution is 2.21. The Hall–Kier alpha value is -0.880. The molecule has 1 amide bonds. The van der Waals surface area contributed by atoms with Crippen LogP contribution in [0.5, 0.6) is 0 Å². The zero-order chi connectivity index (χ0) is 13.1. The molecule has 0 aliphatic heterocycles. The minimum Gasteiger partial charge on any atom is -0.311 e. The molecule has 0 fully saturated rings. The number of benzene rings is 2. The molecule has 4 heteroatoms. The Kier molecular flexibility index (Phi) is 4.40. The van der Waals surface area contributed by atoms with E-state index in [-0.39, 0.29) is 5.91 Å². The van der Waals surface area contributed by atoms with E-state index < -0.39 is 0 Å². The molecule has 2 aromatic rings. The van der Waals surface area contributed by atoms with E-state index in [4.69, 9.17) is 0 Å². The average Bonchev–Trinajstić information content (AvgIpc) is 2.38. The van der Waals surface area contributed by atoms with Crippen LogP contribution in [0, 0.1) is 3.57 Å². The second-order valence-electron chi connectivity index (χ2n) is 3.82. The summed E-state index contributed by atoms with van der Waals surface area (Å²) < 4.78 is 1.96. The van der Waals surface area contributed by atoms with Crippen LogP contribution in [0.15, 0.2) is 53.0 Å². The van der Waals surface area contributed by atoms with Crippen LogP contribution in [0.4, 0.5) is 5.69 Å². The lowest BCUT2D eigenvalue weighted by Gasteiger charge is -2.18. The lowest BCUT2D eigenvalue weighted by molar-refractivity contribution is 0.0992. The topological polar surface area (TPSA) is 20.3 Å². The third-order valence-electron chi connectivity index (χ3n) is 2.62. The van der Waals surface area contributed by atoms with Crippen LogP contribution in [-0.4, -0.2) is 13.0 Å². The van der Waals surface area contributed by atoms with Gasteiger partial charge in [-0.15, -0.1) is 0 Å². The van der Waals surface area contributed by atoms with Crippen molar-refractivity contribution >= 4 is 50.1 Å². The summed E-state index contributed by atoms with van der Waals surface area (Å²) in [4.78, 5) is 14.0. The zero-order valence-electron chi connectivity index (χ0n) is 9.73. The maximum atomic E-state index is 12.3. The molecule has 0 aromatic heterocycles. The first-order valence-electron chi connectivity index (χ1n) is 5.38. The molecule has 2 aromatic carbocycles. The molecular formula is C14H11BrINO. The van der Waals surface area contributed by atoms with Crippen molar-refractivity contribution in [1.29, 1.82) is 0 Å². The first kappa shape index (κ1) is 13.5. The summed E-state index contributed by atoms with van der Waals surface area (Å²) in [6, 6.07) is 15.3. The number of hydrogen-bond donors (Lipinski definition) is 0. The number of carbonyl (C=O) groups is 1. The highest BCUT2D eigenvalue weighted by Gasteiger charge is 2.15. The van der Waals surface area contributed by atoms with E-state index in [1.54, 1.807) is 11.9 Å². The number of rotatable bonds is 2. The monoisotopic (exact) mass is 415 g/mol. The Morgan fingerprint density at radius 3 is 2.33 bits per heavy atom. The average molecular weight is 416 g/mol. The van der Waals surface area contributed by atoms with E-state index in [0.717, 1.165) is 13.7 Å². The third-order valence-corrected chi connectivity index (χ3v) is 4.03. The predicted octanol–water partition coefficient (Wildman–Crippen LogP) is 4.33. The fourth-order valence-electron chi connectivity index (χ4n) is 1.60. The Balaban J connectivity index is 2.29. The molecule has 0 aliphatic carbocycles. The fourth-order valence-corrected chi connectivity index (χ4v) is 2.41. The van der Waals surface area contributed by atoms with Crippen LogP contribution in [0.3, 0.4) is 0 Å². The molecule has 0 unspecified atom stereocenters. The number of anilines is 1. The van der Waals surface area contributed by atoms with Gasteiger partial charge in [0.1, 0.15) is 0 Å². The second-order valence-corrected chi connectivity index (χ2v) is 5.92. The van der Waals surface area contributed by atoms with Crippen LogP contribution >= 0.6 is 38.5 Å². The van der Waals surface area contributed by atoms with Gasteiger partial charge in [-0.2, -0.15) is 0 Å². The molecule has 0 N–H and O–H groups in total. The van der Waals surface area contributed by atoms with E-state index in [2.05, 4.69) is 38.5 Å². The van der Waals surface area contributed by atoms with Crippen molar-refractivity contribution in [3.8, 4) is 0 Å². The second kappa shape index (κ2) is 5.84. The summed E-state index contributed by atoms with van der Waals surface area (Å²) >= 11 is 5.64. The van der Waals surface area contributed by atoms with Gasteiger partial charge >= 0.3 is 0 Å². The molecule has 18 heavy (non-hydrogen) atoms. The Bertz CT molecular complexity index is 568. The summed E-state index contributed by atoms with van der Waals surface area (Å²) in [6.07, 6.45) is 0. The number of hydrogen-bond acceptors (Lipinski definition) is 1. The van der Waals surface area contributed by atoms with Crippen molar-refractivity contribution < 1.29 is 4.79 Å². The number of carbonyl (C=O) groups excluding carboxylic acids is 1. The van der Waals surface area contributed by atoms with Gasteiger partial charge in [0.2, 0.25) is 0 Å². The summed E-state index contributed by atoms with van der Waals surface area (Å²) in [5, 5.41) is 0. The van der Waals surface area contributed by atoms with Crippen LogP contribution < -0.4 is 4.90 Å². The maximum Gasteiger partial charge on any atom is 0.259 e. The van der Waals surface area contributed by atoms with Crippen molar-refractivity contribution in [3.63, 3.8) is 0 Å². The highest BCUT2D eigenvalue weighted by molar-refractivity contribution is 14.1. The van der Waals surface area contributed by atoms with Crippen molar-refractivity contribution in [3.05, 3.63) is 62.1 Å². The summed E-state index contributed by atoms with van der Waals surface area (Å²) in [6.45, 7) is 0. The molecule has 2 nitrogen and oxygen atoms in total. The largest absolute Gasteiger partial charge is 0.311 e. The molecule has 0 saturated heterocycles. The van der Waals surface area contributed by atoms with Crippen molar-refractivity contribution in [1.82, 2.24) is 0 Å². The third kappa shape index (κ3) is 2.92. The Morgan fingerprint density at radius 2 is 1.72 bits per heavy atom. The Morgan fingerprint density at radius 1 is 1.11 bits per heavy atom. The van der Waals surface area contributed by atoms with Crippen molar-refractivity contribution in [2.45, 2.75) is 0 Å². The molecule has 2 rings (SSSR count). The molecule has 0 saturated carbocycles. The SMILES string of the molecule is CN(C(=O)c1ccccc1Br)c1ccc(I)cc1. The predicted molar refractivity (Wildman–Crippen MR) is 86.0 cm³/mol. The van der Waals surface area contributed by atoms with Gasteiger partial charge in [0.15, 0.2) is 0 Å². The number of halogens is 2. The highest BCUT2D eigenvalue weighted by atomic mass is 127. The van der Waals surface area contributed by atoms with Gasteiger partial charge in [0, 0.05) is 20.8 Å². The van der Waals surface area contributed by atoms with Crippen LogP contribution in [-0.2, 0) is 0 Å². The van der Waals surface area contributed by atoms with Gasteiger partial charge in [0.25, 0.3) is 5.91 Å². The van der Waals surface area contributed by atoms with Crippen LogP contribution in [0.2, 0.25) is 0 Å². The van der Waals surface area contributed by atoms with Crippen molar-refractivity contribution in [2.75, 3.05) is 11.9 Å². The summed E-state index contributed by atoms with van der Waals surface area (Å²) in [7, 11) is 1.78. The van der Waals surface area contributed by atoms with Gasteiger partial charge < -0.3 is 4.90 Å². The molecule has 0 radical (unpaired) electrons. The molecule has 0 bridgehead atoms. The molecule has 92 valence electrons. The zero-order valence-corrected chi connectivity index (χ0v) is 13.5. The number of nitrogens with zero attached hydrogens (tertiary/aromatic N) is 1. The lowest BCUT2D eigenvalue weighted by Crippen LogP contribution is -2.26. The molecule has 0 heterocycles. The maximum absolute atomic E-state index is 12.3. The molecular weight excluding hydrogens is 405 g/mol. The summed E-state index contributed by atoms with van der Waals surface area (Å²) in [5.74, 6) is -0.0244. The van der Waals surface area contributed by atoms with Crippen LogP contribution in [0.25, 0.3) is 0 Å². The van der Waals surface area contributed by atoms with E-state index in [9.17, 15) is 4.79 Å². The van der Waals surface area contributed by atoms with Gasteiger partial charge in [-0.05, 0) is 74.9 Å². The molecule has 0 aliphatic rings. The van der Waals surface area contributed by atoms with Crippen LogP contribution in [0.1, 0.15) is 10.4 Å². The molecule has 0 atom stereocenters. The Labute approximate surface area is 128 Å². The minimum atomic E-state index is -0.0244. The molecule has 0 spiro atoms. The summed E-state index contributed by atoms with van der Waals surface area (Å²) in [5.41, 5.74) is 1.55. The van der Waals surface area contributed by atoms with E-state index in [1.165, 1.54) is 0 Å². The first-order chi connectivity index (χ1) is 8.59. The lowest BCUT2D eigenvalue weighted by atomic mass is 10.2. The van der Waals surface area contributed by atoms with Crippen molar-refractivity contribution in [2.24, 2.45) is 0 Å². The normalized spacial score (nSPS) is 10.2. The minimum absolute atomic E-state index is 0.0244. The van der Waals surface area contributed by atoms with Gasteiger partial charge in [-0.1, -0.05) is 12.1 Å². The first-order valence-corrected chi connectivity index (χ1v) is 7.25. The van der Waals surface area contributed by atoms with E-state index in [0.29, 0.717) is 5.56 Å². The van der Waals surface area contributed by atoms with Gasteiger partial charge in [0.05, 0.1) is 5.56 Å². The van der Waals surface area contributed by atoms with E-state index >= 15 is 0 Å².